The molecule has 0 aliphatic heterocycles. The second-order valence-corrected chi connectivity index (χ2v) is 3.89. The van der Waals surface area contributed by atoms with Gasteiger partial charge in [-0.2, -0.15) is 0 Å². The molecule has 4 nitrogen and oxygen atoms in total. The number of phenols is 1. The summed E-state index contributed by atoms with van der Waals surface area (Å²) in [5.41, 5.74) is 2.77. The van der Waals surface area contributed by atoms with Gasteiger partial charge in [-0.1, -0.05) is 12.1 Å². The van der Waals surface area contributed by atoms with Gasteiger partial charge in [0.2, 0.25) is 0 Å². The van der Waals surface area contributed by atoms with E-state index in [1.165, 1.54) is 0 Å². The van der Waals surface area contributed by atoms with E-state index in [0.29, 0.717) is 6.54 Å². The van der Waals surface area contributed by atoms with Crippen molar-refractivity contribution in [3.63, 3.8) is 0 Å². The number of aromatic hydroxyl groups is 1. The normalized spacial score (nSPS) is 10.8. The highest BCUT2D eigenvalue weighted by atomic mass is 16.3. The summed E-state index contributed by atoms with van der Waals surface area (Å²) in [5, 5.41) is 9.42. The Kier molecular flexibility index (Phi) is 2.26. The molecule has 4 heteroatoms. The highest BCUT2D eigenvalue weighted by molar-refractivity contribution is 5.70. The number of pyridine rings is 1. The first-order valence-electron chi connectivity index (χ1n) is 5.37. The molecule has 0 atom stereocenters. The highest BCUT2D eigenvalue weighted by Crippen LogP contribution is 2.15. The molecule has 2 aromatic heterocycles. The predicted octanol–water partition coefficient (Wildman–Crippen LogP) is 2.19. The number of benzene rings is 1. The Balaban J connectivity index is 2.00. The molecule has 0 radical (unpaired) electrons. The van der Waals surface area contributed by atoms with Crippen LogP contribution in [0.3, 0.4) is 0 Å². The second-order valence-electron chi connectivity index (χ2n) is 3.89. The summed E-state index contributed by atoms with van der Waals surface area (Å²) >= 11 is 0. The van der Waals surface area contributed by atoms with E-state index < -0.39 is 0 Å². The average molecular weight is 225 g/mol. The molecule has 84 valence electrons. The molecule has 0 bridgehead atoms. The minimum Gasteiger partial charge on any atom is -0.508 e. The van der Waals surface area contributed by atoms with E-state index in [1.54, 1.807) is 24.7 Å². The van der Waals surface area contributed by atoms with E-state index in [1.807, 2.05) is 28.8 Å². The molecule has 0 spiro atoms. The van der Waals surface area contributed by atoms with Crippen molar-refractivity contribution in [2.24, 2.45) is 0 Å². The smallest absolute Gasteiger partial charge is 0.177 e. The topological polar surface area (TPSA) is 50.9 Å². The maximum Gasteiger partial charge on any atom is 0.177 e. The molecule has 0 aliphatic rings. The van der Waals surface area contributed by atoms with Gasteiger partial charge >= 0.3 is 0 Å². The Labute approximate surface area is 98.2 Å². The van der Waals surface area contributed by atoms with Crippen molar-refractivity contribution in [2.45, 2.75) is 6.54 Å². The van der Waals surface area contributed by atoms with Gasteiger partial charge in [0.05, 0.1) is 11.8 Å². The van der Waals surface area contributed by atoms with Crippen molar-refractivity contribution in [1.29, 1.82) is 0 Å². The van der Waals surface area contributed by atoms with E-state index in [-0.39, 0.29) is 5.75 Å². The molecule has 0 aliphatic carbocycles. The zero-order valence-electron chi connectivity index (χ0n) is 9.11. The van der Waals surface area contributed by atoms with E-state index in [4.69, 9.17) is 0 Å². The summed E-state index contributed by atoms with van der Waals surface area (Å²) in [6, 6.07) is 11.1. The van der Waals surface area contributed by atoms with Gasteiger partial charge in [-0.25, -0.2) is 9.97 Å². The summed E-state index contributed by atoms with van der Waals surface area (Å²) in [5.74, 6) is 0.282. The number of phenolic OH excluding ortho intramolecular Hbond substituents is 1. The van der Waals surface area contributed by atoms with Gasteiger partial charge in [-0.15, -0.1) is 0 Å². The fourth-order valence-electron chi connectivity index (χ4n) is 1.88. The van der Waals surface area contributed by atoms with Gasteiger partial charge in [-0.05, 0) is 29.8 Å². The van der Waals surface area contributed by atoms with E-state index in [9.17, 15) is 5.11 Å². The maximum atomic E-state index is 9.42. The monoisotopic (exact) mass is 225 g/mol. The van der Waals surface area contributed by atoms with Crippen LogP contribution in [0.25, 0.3) is 11.2 Å². The van der Waals surface area contributed by atoms with E-state index >= 15 is 0 Å². The number of imidazole rings is 1. The van der Waals surface area contributed by atoms with E-state index in [2.05, 4.69) is 9.97 Å². The summed E-state index contributed by atoms with van der Waals surface area (Å²) in [4.78, 5) is 8.41. The van der Waals surface area contributed by atoms with Crippen LogP contribution in [0.2, 0.25) is 0 Å². The molecule has 0 amide bonds. The lowest BCUT2D eigenvalue weighted by atomic mass is 10.2. The fourth-order valence-corrected chi connectivity index (χ4v) is 1.88. The lowest BCUT2D eigenvalue weighted by Crippen LogP contribution is -1.97. The number of hydrogen-bond acceptors (Lipinski definition) is 3. The number of rotatable bonds is 2. The van der Waals surface area contributed by atoms with Gasteiger partial charge in [0.1, 0.15) is 5.75 Å². The minimum absolute atomic E-state index is 0.282. The summed E-state index contributed by atoms with van der Waals surface area (Å²) in [6.45, 7) is 0.677. The van der Waals surface area contributed by atoms with Gasteiger partial charge < -0.3 is 9.67 Å². The fraction of sp³-hybridized carbons (Fsp3) is 0.0769. The standard InChI is InChI=1S/C13H11N3O/c17-11-4-1-3-10(7-11)8-16-9-15-13-12(16)5-2-6-14-13/h1-7,9,17H,8H2. The van der Waals surface area contributed by atoms with Gasteiger partial charge in [-0.3, -0.25) is 0 Å². The number of fused-ring (bicyclic) bond motifs is 1. The summed E-state index contributed by atoms with van der Waals surface area (Å²) in [7, 11) is 0. The molecular weight excluding hydrogens is 214 g/mol. The first-order chi connectivity index (χ1) is 8.33. The Morgan fingerprint density at radius 1 is 1.12 bits per heavy atom. The Morgan fingerprint density at radius 3 is 2.94 bits per heavy atom. The molecule has 1 N–H and O–H groups in total. The van der Waals surface area contributed by atoms with Crippen LogP contribution < -0.4 is 0 Å². The second kappa shape index (κ2) is 3.90. The third-order valence-electron chi connectivity index (χ3n) is 2.66. The summed E-state index contributed by atoms with van der Waals surface area (Å²) in [6.07, 6.45) is 3.50. The van der Waals surface area contributed by atoms with Gasteiger partial charge in [0.25, 0.3) is 0 Å². The Morgan fingerprint density at radius 2 is 2.06 bits per heavy atom. The minimum atomic E-state index is 0.282. The third-order valence-corrected chi connectivity index (χ3v) is 2.66. The van der Waals surface area contributed by atoms with Crippen molar-refractivity contribution in [3.05, 3.63) is 54.5 Å². The molecule has 3 rings (SSSR count). The quantitative estimate of drug-likeness (QED) is 0.727. The maximum absolute atomic E-state index is 9.42. The van der Waals surface area contributed by atoms with Crippen LogP contribution >= 0.6 is 0 Å². The summed E-state index contributed by atoms with van der Waals surface area (Å²) < 4.78 is 2.01. The molecule has 0 saturated heterocycles. The molecule has 2 heterocycles. The molecule has 1 aromatic carbocycles. The van der Waals surface area contributed by atoms with Crippen LogP contribution in [0.15, 0.2) is 48.9 Å². The van der Waals surface area contributed by atoms with Crippen LogP contribution in [0, 0.1) is 0 Å². The average Bonchev–Trinajstić information content (AvgIpc) is 2.73. The SMILES string of the molecule is Oc1cccc(Cn2cnc3ncccc32)c1. The molecule has 3 aromatic rings. The molecule has 17 heavy (non-hydrogen) atoms. The third kappa shape index (κ3) is 1.85. The van der Waals surface area contributed by atoms with Gasteiger partial charge in [0.15, 0.2) is 5.65 Å². The lowest BCUT2D eigenvalue weighted by molar-refractivity contribution is 0.474. The molecule has 0 unspecified atom stereocenters. The number of nitrogens with zero attached hydrogens (tertiary/aromatic N) is 3. The Bertz CT molecular complexity index is 660. The first kappa shape index (κ1) is 9.84. The number of hydrogen-bond donors (Lipinski definition) is 1. The van der Waals surface area contributed by atoms with Crippen molar-refractivity contribution >= 4 is 11.2 Å². The largest absolute Gasteiger partial charge is 0.508 e. The van der Waals surface area contributed by atoms with Crippen molar-refractivity contribution in [2.75, 3.05) is 0 Å². The van der Waals surface area contributed by atoms with Gasteiger partial charge in [0, 0.05) is 12.7 Å². The lowest BCUT2D eigenvalue weighted by Gasteiger charge is -2.04. The van der Waals surface area contributed by atoms with Crippen LogP contribution in [-0.4, -0.2) is 19.6 Å². The van der Waals surface area contributed by atoms with Crippen molar-refractivity contribution in [1.82, 2.24) is 14.5 Å². The Hall–Kier alpha value is -2.36. The predicted molar refractivity (Wildman–Crippen MR) is 64.7 cm³/mol. The van der Waals surface area contributed by atoms with Crippen LogP contribution in [-0.2, 0) is 6.54 Å². The van der Waals surface area contributed by atoms with Crippen LogP contribution in [0.4, 0.5) is 0 Å². The van der Waals surface area contributed by atoms with Crippen LogP contribution in [0.1, 0.15) is 5.56 Å². The number of aromatic nitrogens is 3. The molecule has 0 saturated carbocycles. The van der Waals surface area contributed by atoms with Crippen molar-refractivity contribution < 1.29 is 5.11 Å². The highest BCUT2D eigenvalue weighted by Gasteiger charge is 2.03. The zero-order chi connectivity index (χ0) is 11.7. The molecule has 0 fully saturated rings. The first-order valence-corrected chi connectivity index (χ1v) is 5.37. The van der Waals surface area contributed by atoms with Crippen molar-refractivity contribution in [3.8, 4) is 5.75 Å². The molecular formula is C13H11N3O. The zero-order valence-corrected chi connectivity index (χ0v) is 9.11. The van der Waals surface area contributed by atoms with Crippen LogP contribution in [0.5, 0.6) is 5.75 Å². The van der Waals surface area contributed by atoms with E-state index in [0.717, 1.165) is 16.7 Å².